The van der Waals surface area contributed by atoms with Gasteiger partial charge in [0.2, 0.25) is 0 Å². The number of hydrogen-bond donors (Lipinski definition) is 1. The van der Waals surface area contributed by atoms with Crippen molar-refractivity contribution in [1.82, 2.24) is 4.98 Å². The van der Waals surface area contributed by atoms with Crippen molar-refractivity contribution in [2.24, 2.45) is 5.73 Å². The van der Waals surface area contributed by atoms with Gasteiger partial charge in [-0.25, -0.2) is 0 Å². The number of fused-ring (bicyclic) bond motifs is 1. The SMILES string of the molecule is Cc1cc(CCCN)c2cccc(C(C)C)c2n1. The highest BCUT2D eigenvalue weighted by Gasteiger charge is 2.09. The summed E-state index contributed by atoms with van der Waals surface area (Å²) in [5.41, 5.74) is 10.6. The summed E-state index contributed by atoms with van der Waals surface area (Å²) in [7, 11) is 0. The Morgan fingerprint density at radius 2 is 2.06 bits per heavy atom. The molecule has 2 aromatic rings. The fourth-order valence-electron chi connectivity index (χ4n) is 2.45. The molecule has 0 amide bonds. The van der Waals surface area contributed by atoms with E-state index in [1.165, 1.54) is 22.0 Å². The Balaban J connectivity index is 2.62. The maximum atomic E-state index is 5.62. The van der Waals surface area contributed by atoms with E-state index in [4.69, 9.17) is 10.7 Å². The monoisotopic (exact) mass is 242 g/mol. The largest absolute Gasteiger partial charge is 0.330 e. The summed E-state index contributed by atoms with van der Waals surface area (Å²) >= 11 is 0. The van der Waals surface area contributed by atoms with Crippen LogP contribution in [0.2, 0.25) is 0 Å². The molecule has 0 aliphatic carbocycles. The molecule has 2 rings (SSSR count). The van der Waals surface area contributed by atoms with E-state index in [1.807, 2.05) is 0 Å². The van der Waals surface area contributed by atoms with Gasteiger partial charge in [0.15, 0.2) is 0 Å². The van der Waals surface area contributed by atoms with Crippen LogP contribution in [0.4, 0.5) is 0 Å². The Kier molecular flexibility index (Phi) is 3.97. The fourth-order valence-corrected chi connectivity index (χ4v) is 2.45. The molecule has 2 nitrogen and oxygen atoms in total. The average Bonchev–Trinajstić information content (AvgIpc) is 2.34. The maximum Gasteiger partial charge on any atom is 0.0742 e. The summed E-state index contributed by atoms with van der Waals surface area (Å²) in [6.45, 7) is 7.26. The van der Waals surface area contributed by atoms with Crippen molar-refractivity contribution >= 4 is 10.9 Å². The molecule has 0 unspecified atom stereocenters. The van der Waals surface area contributed by atoms with Crippen LogP contribution >= 0.6 is 0 Å². The van der Waals surface area contributed by atoms with Gasteiger partial charge in [0.05, 0.1) is 5.52 Å². The molecule has 0 radical (unpaired) electrons. The van der Waals surface area contributed by atoms with E-state index in [2.05, 4.69) is 45.0 Å². The minimum atomic E-state index is 0.505. The van der Waals surface area contributed by atoms with E-state index in [-0.39, 0.29) is 0 Å². The van der Waals surface area contributed by atoms with Crippen LogP contribution in [0.1, 0.15) is 43.0 Å². The van der Waals surface area contributed by atoms with Gasteiger partial charge in [-0.1, -0.05) is 32.0 Å². The predicted octanol–water partition coefficient (Wildman–Crippen LogP) is 3.56. The van der Waals surface area contributed by atoms with Crippen LogP contribution in [0.25, 0.3) is 10.9 Å². The smallest absolute Gasteiger partial charge is 0.0742 e. The van der Waals surface area contributed by atoms with Gasteiger partial charge in [0.1, 0.15) is 0 Å². The lowest BCUT2D eigenvalue weighted by molar-refractivity contribution is 0.833. The highest BCUT2D eigenvalue weighted by Crippen LogP contribution is 2.27. The topological polar surface area (TPSA) is 38.9 Å². The second kappa shape index (κ2) is 5.49. The quantitative estimate of drug-likeness (QED) is 0.890. The molecule has 0 saturated heterocycles. The zero-order chi connectivity index (χ0) is 13.1. The Morgan fingerprint density at radius 3 is 2.72 bits per heavy atom. The van der Waals surface area contributed by atoms with Crippen LogP contribution in [-0.4, -0.2) is 11.5 Å². The second-order valence-corrected chi connectivity index (χ2v) is 5.21. The standard InChI is InChI=1S/C16H22N2/c1-11(2)14-7-4-8-15-13(6-5-9-17)10-12(3)18-16(14)15/h4,7-8,10-11H,5-6,9,17H2,1-3H3. The van der Waals surface area contributed by atoms with Gasteiger partial charge in [-0.15, -0.1) is 0 Å². The van der Waals surface area contributed by atoms with Crippen LogP contribution in [0.5, 0.6) is 0 Å². The van der Waals surface area contributed by atoms with E-state index in [0.29, 0.717) is 5.92 Å². The van der Waals surface area contributed by atoms with Crippen molar-refractivity contribution in [1.29, 1.82) is 0 Å². The molecule has 0 atom stereocenters. The van der Waals surface area contributed by atoms with Gasteiger partial charge in [-0.05, 0) is 49.4 Å². The van der Waals surface area contributed by atoms with Crippen LogP contribution in [0.3, 0.4) is 0 Å². The summed E-state index contributed by atoms with van der Waals surface area (Å²) in [5.74, 6) is 0.505. The molecule has 0 aliphatic rings. The van der Waals surface area contributed by atoms with Crippen molar-refractivity contribution in [2.45, 2.75) is 39.5 Å². The van der Waals surface area contributed by atoms with Crippen molar-refractivity contribution in [3.8, 4) is 0 Å². The van der Waals surface area contributed by atoms with Gasteiger partial charge in [0.25, 0.3) is 0 Å². The molecule has 0 fully saturated rings. The third-order valence-corrected chi connectivity index (χ3v) is 3.36. The second-order valence-electron chi connectivity index (χ2n) is 5.21. The molecule has 1 heterocycles. The minimum absolute atomic E-state index is 0.505. The summed E-state index contributed by atoms with van der Waals surface area (Å²) in [6, 6.07) is 8.70. The Hall–Kier alpha value is -1.41. The molecule has 0 spiro atoms. The van der Waals surface area contributed by atoms with E-state index in [9.17, 15) is 0 Å². The molecule has 96 valence electrons. The summed E-state index contributed by atoms with van der Waals surface area (Å²) in [5, 5.41) is 1.29. The lowest BCUT2D eigenvalue weighted by Crippen LogP contribution is -2.02. The van der Waals surface area contributed by atoms with E-state index in [0.717, 1.165) is 25.1 Å². The van der Waals surface area contributed by atoms with Gasteiger partial charge >= 0.3 is 0 Å². The molecule has 1 aromatic carbocycles. The molecular formula is C16H22N2. The molecule has 2 N–H and O–H groups in total. The van der Waals surface area contributed by atoms with Crippen molar-refractivity contribution < 1.29 is 0 Å². The molecular weight excluding hydrogens is 220 g/mol. The van der Waals surface area contributed by atoms with E-state index in [1.54, 1.807) is 0 Å². The van der Waals surface area contributed by atoms with Gasteiger partial charge in [0, 0.05) is 11.1 Å². The third-order valence-electron chi connectivity index (χ3n) is 3.36. The number of nitrogens with zero attached hydrogens (tertiary/aromatic N) is 1. The van der Waals surface area contributed by atoms with Crippen molar-refractivity contribution in [3.05, 3.63) is 41.1 Å². The van der Waals surface area contributed by atoms with Gasteiger partial charge in [-0.3, -0.25) is 4.98 Å². The maximum absolute atomic E-state index is 5.62. The number of rotatable bonds is 4. The number of aryl methyl sites for hydroxylation is 2. The molecule has 0 saturated carbocycles. The first-order valence-electron chi connectivity index (χ1n) is 6.72. The first kappa shape index (κ1) is 13.0. The van der Waals surface area contributed by atoms with Gasteiger partial charge < -0.3 is 5.73 Å². The van der Waals surface area contributed by atoms with E-state index >= 15 is 0 Å². The Bertz CT molecular complexity index is 544. The Morgan fingerprint density at radius 1 is 1.28 bits per heavy atom. The van der Waals surface area contributed by atoms with Gasteiger partial charge in [-0.2, -0.15) is 0 Å². The lowest BCUT2D eigenvalue weighted by Gasteiger charge is -2.13. The molecule has 2 heteroatoms. The minimum Gasteiger partial charge on any atom is -0.330 e. The third kappa shape index (κ3) is 2.54. The summed E-state index contributed by atoms with van der Waals surface area (Å²) in [6.07, 6.45) is 2.07. The number of pyridine rings is 1. The predicted molar refractivity (Wildman–Crippen MR) is 77.9 cm³/mol. The Labute approximate surface area is 109 Å². The van der Waals surface area contributed by atoms with Crippen LogP contribution in [0.15, 0.2) is 24.3 Å². The fraction of sp³-hybridized carbons (Fsp3) is 0.438. The van der Waals surface area contributed by atoms with Crippen LogP contribution in [-0.2, 0) is 6.42 Å². The molecule has 1 aromatic heterocycles. The van der Waals surface area contributed by atoms with Crippen LogP contribution in [0, 0.1) is 6.92 Å². The molecule has 18 heavy (non-hydrogen) atoms. The summed E-state index contributed by atoms with van der Waals surface area (Å²) in [4.78, 5) is 4.73. The number of hydrogen-bond acceptors (Lipinski definition) is 2. The zero-order valence-electron chi connectivity index (χ0n) is 11.5. The van der Waals surface area contributed by atoms with Crippen LogP contribution < -0.4 is 5.73 Å². The highest BCUT2D eigenvalue weighted by molar-refractivity contribution is 5.85. The summed E-state index contributed by atoms with van der Waals surface area (Å²) < 4.78 is 0. The number of aromatic nitrogens is 1. The van der Waals surface area contributed by atoms with Crippen molar-refractivity contribution in [2.75, 3.05) is 6.54 Å². The number of benzene rings is 1. The normalized spacial score (nSPS) is 11.4. The highest BCUT2D eigenvalue weighted by atomic mass is 14.7. The van der Waals surface area contributed by atoms with E-state index < -0.39 is 0 Å². The molecule has 0 bridgehead atoms. The first-order chi connectivity index (χ1) is 8.63. The zero-order valence-corrected chi connectivity index (χ0v) is 11.5. The van der Waals surface area contributed by atoms with Crippen molar-refractivity contribution in [3.63, 3.8) is 0 Å². The number of para-hydroxylation sites is 1. The lowest BCUT2D eigenvalue weighted by atomic mass is 9.96. The number of nitrogens with two attached hydrogens (primary N) is 1. The first-order valence-corrected chi connectivity index (χ1v) is 6.72. The molecule has 0 aliphatic heterocycles. The average molecular weight is 242 g/mol.